The fraction of sp³-hybridized carbons (Fsp3) is 0.417. The maximum absolute atomic E-state index is 12.9. The van der Waals surface area contributed by atoms with Gasteiger partial charge in [-0.1, -0.05) is 6.07 Å². The van der Waals surface area contributed by atoms with E-state index in [1.807, 2.05) is 0 Å². The molecule has 2 N–H and O–H groups in total. The van der Waals surface area contributed by atoms with Crippen molar-refractivity contribution in [3.63, 3.8) is 0 Å². The number of halogens is 2. The third-order valence-electron chi connectivity index (χ3n) is 2.50. The lowest BCUT2D eigenvalue weighted by molar-refractivity contribution is -0.143. The fourth-order valence-corrected chi connectivity index (χ4v) is 1.29. The van der Waals surface area contributed by atoms with Crippen LogP contribution in [0.4, 0.5) is 8.78 Å². The molecule has 0 radical (unpaired) electrons. The quantitative estimate of drug-likeness (QED) is 0.831. The SMILES string of the molecule is CC(C)(NCCc1ccc(F)c(F)c1)C(=O)O. The van der Waals surface area contributed by atoms with Crippen LogP contribution in [0.15, 0.2) is 18.2 Å². The van der Waals surface area contributed by atoms with Gasteiger partial charge in [-0.15, -0.1) is 0 Å². The Morgan fingerprint density at radius 3 is 2.53 bits per heavy atom. The normalized spacial score (nSPS) is 11.5. The molecule has 3 nitrogen and oxygen atoms in total. The molecule has 1 aromatic carbocycles. The Morgan fingerprint density at radius 1 is 1.35 bits per heavy atom. The van der Waals surface area contributed by atoms with Gasteiger partial charge in [-0.3, -0.25) is 4.79 Å². The van der Waals surface area contributed by atoms with E-state index in [-0.39, 0.29) is 0 Å². The van der Waals surface area contributed by atoms with Gasteiger partial charge in [-0.25, -0.2) is 8.78 Å². The summed E-state index contributed by atoms with van der Waals surface area (Å²) in [6.45, 7) is 3.46. The van der Waals surface area contributed by atoms with Crippen LogP contribution in [0.1, 0.15) is 19.4 Å². The van der Waals surface area contributed by atoms with Crippen molar-refractivity contribution in [3.8, 4) is 0 Å². The molecule has 0 aliphatic heterocycles. The summed E-state index contributed by atoms with van der Waals surface area (Å²) in [5.41, 5.74) is -0.406. The van der Waals surface area contributed by atoms with Crippen molar-refractivity contribution >= 4 is 5.97 Å². The number of rotatable bonds is 5. The third kappa shape index (κ3) is 3.78. The topological polar surface area (TPSA) is 49.3 Å². The van der Waals surface area contributed by atoms with E-state index < -0.39 is 23.1 Å². The molecule has 0 amide bonds. The highest BCUT2D eigenvalue weighted by Crippen LogP contribution is 2.09. The number of carboxylic acid groups (broad SMARTS) is 1. The molecule has 94 valence electrons. The second kappa shape index (κ2) is 5.23. The summed E-state index contributed by atoms with van der Waals surface area (Å²) >= 11 is 0. The molecule has 0 saturated carbocycles. The van der Waals surface area contributed by atoms with Gasteiger partial charge in [-0.2, -0.15) is 0 Å². The molecule has 0 aliphatic rings. The summed E-state index contributed by atoms with van der Waals surface area (Å²) in [7, 11) is 0. The summed E-state index contributed by atoms with van der Waals surface area (Å²) in [5, 5.41) is 11.7. The summed E-state index contributed by atoms with van der Waals surface area (Å²) < 4.78 is 25.5. The second-order valence-electron chi connectivity index (χ2n) is 4.36. The molecule has 0 bridgehead atoms. The number of benzene rings is 1. The lowest BCUT2D eigenvalue weighted by Crippen LogP contribution is -2.47. The molecule has 0 saturated heterocycles. The van der Waals surface area contributed by atoms with Crippen molar-refractivity contribution in [2.45, 2.75) is 25.8 Å². The molecule has 1 rings (SSSR count). The van der Waals surface area contributed by atoms with Crippen molar-refractivity contribution in [2.75, 3.05) is 6.54 Å². The van der Waals surface area contributed by atoms with Crippen LogP contribution in [0.5, 0.6) is 0 Å². The number of nitrogens with one attached hydrogen (secondary N) is 1. The number of hydrogen-bond acceptors (Lipinski definition) is 2. The maximum atomic E-state index is 12.9. The van der Waals surface area contributed by atoms with E-state index in [2.05, 4.69) is 5.32 Å². The Morgan fingerprint density at radius 2 is 2.00 bits per heavy atom. The smallest absolute Gasteiger partial charge is 0.323 e. The fourth-order valence-electron chi connectivity index (χ4n) is 1.29. The Kier molecular flexibility index (Phi) is 4.17. The number of hydrogen-bond donors (Lipinski definition) is 2. The van der Waals surface area contributed by atoms with Crippen LogP contribution in [-0.2, 0) is 11.2 Å². The van der Waals surface area contributed by atoms with Gasteiger partial charge >= 0.3 is 5.97 Å². The Bertz CT molecular complexity index is 419. The highest BCUT2D eigenvalue weighted by atomic mass is 19.2. The van der Waals surface area contributed by atoms with Gasteiger partial charge in [0.1, 0.15) is 5.54 Å². The molecule has 0 aromatic heterocycles. The Balaban J connectivity index is 2.51. The van der Waals surface area contributed by atoms with E-state index in [4.69, 9.17) is 5.11 Å². The van der Waals surface area contributed by atoms with Crippen molar-refractivity contribution in [1.82, 2.24) is 5.32 Å². The first-order valence-electron chi connectivity index (χ1n) is 5.25. The van der Waals surface area contributed by atoms with Crippen LogP contribution in [-0.4, -0.2) is 23.2 Å². The van der Waals surface area contributed by atoms with E-state index in [9.17, 15) is 13.6 Å². The van der Waals surface area contributed by atoms with Crippen LogP contribution in [0, 0.1) is 11.6 Å². The first-order chi connectivity index (χ1) is 7.83. The average molecular weight is 243 g/mol. The van der Waals surface area contributed by atoms with Gasteiger partial charge < -0.3 is 10.4 Å². The van der Waals surface area contributed by atoms with Gasteiger partial charge in [0.25, 0.3) is 0 Å². The number of carboxylic acids is 1. The lowest BCUT2D eigenvalue weighted by Gasteiger charge is -2.20. The zero-order chi connectivity index (χ0) is 13.1. The molecule has 0 heterocycles. The van der Waals surface area contributed by atoms with Crippen molar-refractivity contribution in [2.24, 2.45) is 0 Å². The Hall–Kier alpha value is -1.49. The number of carbonyl (C=O) groups is 1. The molecule has 0 spiro atoms. The highest BCUT2D eigenvalue weighted by Gasteiger charge is 2.25. The summed E-state index contributed by atoms with van der Waals surface area (Å²) in [6, 6.07) is 3.66. The largest absolute Gasteiger partial charge is 0.480 e. The van der Waals surface area contributed by atoms with Crippen molar-refractivity contribution in [3.05, 3.63) is 35.4 Å². The summed E-state index contributed by atoms with van der Waals surface area (Å²) in [4.78, 5) is 10.8. The van der Waals surface area contributed by atoms with Gasteiger partial charge in [0.2, 0.25) is 0 Å². The number of aliphatic carboxylic acids is 1. The Labute approximate surface area is 98.5 Å². The van der Waals surface area contributed by atoms with Crippen molar-refractivity contribution < 1.29 is 18.7 Å². The van der Waals surface area contributed by atoms with Gasteiger partial charge in [0.15, 0.2) is 11.6 Å². The first-order valence-corrected chi connectivity index (χ1v) is 5.25. The van der Waals surface area contributed by atoms with E-state index in [0.29, 0.717) is 18.5 Å². The van der Waals surface area contributed by atoms with Crippen LogP contribution in [0.25, 0.3) is 0 Å². The highest BCUT2D eigenvalue weighted by molar-refractivity contribution is 5.77. The van der Waals surface area contributed by atoms with Gasteiger partial charge in [0, 0.05) is 6.54 Å². The molecule has 0 aliphatic carbocycles. The van der Waals surface area contributed by atoms with E-state index in [0.717, 1.165) is 12.1 Å². The zero-order valence-electron chi connectivity index (χ0n) is 9.76. The molecule has 5 heteroatoms. The lowest BCUT2D eigenvalue weighted by atomic mass is 10.1. The predicted molar refractivity (Wildman–Crippen MR) is 59.8 cm³/mol. The van der Waals surface area contributed by atoms with E-state index in [1.54, 1.807) is 13.8 Å². The molecular weight excluding hydrogens is 228 g/mol. The van der Waals surface area contributed by atoms with Crippen LogP contribution >= 0.6 is 0 Å². The molecule has 1 aromatic rings. The van der Waals surface area contributed by atoms with Crippen LogP contribution in [0.3, 0.4) is 0 Å². The minimum Gasteiger partial charge on any atom is -0.480 e. The molecule has 0 unspecified atom stereocenters. The summed E-state index contributed by atoms with van der Waals surface area (Å²) in [6.07, 6.45) is 0.438. The zero-order valence-corrected chi connectivity index (χ0v) is 9.76. The second-order valence-corrected chi connectivity index (χ2v) is 4.36. The van der Waals surface area contributed by atoms with Crippen LogP contribution in [0.2, 0.25) is 0 Å². The van der Waals surface area contributed by atoms with E-state index in [1.165, 1.54) is 6.07 Å². The minimum atomic E-state index is -1.03. The standard InChI is InChI=1S/C12H15F2NO2/c1-12(2,11(16)17)15-6-5-8-3-4-9(13)10(14)7-8/h3-4,7,15H,5-6H2,1-2H3,(H,16,17). The average Bonchev–Trinajstić information content (AvgIpc) is 2.23. The molecule has 0 fully saturated rings. The van der Waals surface area contributed by atoms with Gasteiger partial charge in [0.05, 0.1) is 0 Å². The van der Waals surface area contributed by atoms with Crippen LogP contribution < -0.4 is 5.32 Å². The maximum Gasteiger partial charge on any atom is 0.323 e. The first kappa shape index (κ1) is 13.6. The molecule has 17 heavy (non-hydrogen) atoms. The third-order valence-corrected chi connectivity index (χ3v) is 2.50. The minimum absolute atomic E-state index is 0.379. The van der Waals surface area contributed by atoms with Crippen molar-refractivity contribution in [1.29, 1.82) is 0 Å². The van der Waals surface area contributed by atoms with Gasteiger partial charge in [-0.05, 0) is 38.0 Å². The summed E-state index contributed by atoms with van der Waals surface area (Å²) in [5.74, 6) is -2.73. The molecule has 0 atom stereocenters. The predicted octanol–water partition coefficient (Wildman–Crippen LogP) is 1.96. The van der Waals surface area contributed by atoms with E-state index >= 15 is 0 Å². The molecular formula is C12H15F2NO2. The monoisotopic (exact) mass is 243 g/mol.